The van der Waals surface area contributed by atoms with E-state index in [1.165, 1.54) is 0 Å². The molecule has 2 radical (unpaired) electrons. The highest BCUT2D eigenvalue weighted by Gasteiger charge is 2.29. The van der Waals surface area contributed by atoms with Crippen LogP contribution in [0.25, 0.3) is 5.57 Å². The number of nitrogens with one attached hydrogen (secondary N) is 1. The minimum absolute atomic E-state index is 0.144. The monoisotopic (exact) mass is 437 g/mol. The third kappa shape index (κ3) is 5.53. The Balaban J connectivity index is 1.54. The number of rotatable bonds is 7. The molecule has 2 atom stereocenters. The molecule has 0 aliphatic heterocycles. The number of allylic oxidation sites excluding steroid dienone is 4. The summed E-state index contributed by atoms with van der Waals surface area (Å²) in [4.78, 5) is 25.1. The summed E-state index contributed by atoms with van der Waals surface area (Å²) in [7, 11) is 6.07. The number of carboxylic acid groups (broad SMARTS) is 1. The minimum atomic E-state index is -1.06. The van der Waals surface area contributed by atoms with Crippen LogP contribution in [0.2, 0.25) is 5.82 Å². The van der Waals surface area contributed by atoms with Crippen molar-refractivity contribution in [3.63, 3.8) is 0 Å². The van der Waals surface area contributed by atoms with Crippen LogP contribution in [0.3, 0.4) is 0 Å². The van der Waals surface area contributed by atoms with Gasteiger partial charge in [-0.05, 0) is 41.7 Å². The Morgan fingerprint density at radius 1 is 1.00 bits per heavy atom. The molecule has 0 saturated carbocycles. The predicted molar refractivity (Wildman–Crippen MR) is 128 cm³/mol. The number of aliphatic carboxylic acids is 1. The lowest BCUT2D eigenvalue weighted by atomic mass is 9.78. The SMILES string of the molecule is [B][C@H]1C=CC(OCc2ccccc2)=C(C(=O)NC2CC(c3ccccc3)=CC=C2C(=O)O)C1. The fourth-order valence-electron chi connectivity index (χ4n) is 3.96. The van der Waals surface area contributed by atoms with Gasteiger partial charge in [-0.25, -0.2) is 4.79 Å². The van der Waals surface area contributed by atoms with Crippen molar-refractivity contribution in [3.8, 4) is 0 Å². The predicted octanol–water partition coefficient (Wildman–Crippen LogP) is 4.36. The van der Waals surface area contributed by atoms with Gasteiger partial charge in [0.25, 0.3) is 5.91 Å². The van der Waals surface area contributed by atoms with E-state index in [0.29, 0.717) is 30.8 Å². The first-order chi connectivity index (χ1) is 16.0. The van der Waals surface area contributed by atoms with Crippen molar-refractivity contribution in [2.45, 2.75) is 31.3 Å². The first-order valence-electron chi connectivity index (χ1n) is 10.8. The molecule has 2 aromatic rings. The largest absolute Gasteiger partial charge is 0.488 e. The lowest BCUT2D eigenvalue weighted by molar-refractivity contribution is -0.133. The van der Waals surface area contributed by atoms with Crippen molar-refractivity contribution < 1.29 is 19.4 Å². The Hall–Kier alpha value is -3.80. The fourth-order valence-corrected chi connectivity index (χ4v) is 3.96. The first kappa shape index (κ1) is 22.4. The highest BCUT2D eigenvalue weighted by Crippen LogP contribution is 2.30. The molecular weight excluding hydrogens is 413 g/mol. The Labute approximate surface area is 194 Å². The quantitative estimate of drug-likeness (QED) is 0.632. The molecular formula is C27H24BNO4. The molecule has 2 aliphatic carbocycles. The van der Waals surface area contributed by atoms with Crippen molar-refractivity contribution in [3.05, 3.63) is 113 Å². The van der Waals surface area contributed by atoms with Crippen molar-refractivity contribution >= 4 is 25.3 Å². The topological polar surface area (TPSA) is 75.6 Å². The average Bonchev–Trinajstić information content (AvgIpc) is 2.84. The molecule has 2 aromatic carbocycles. The molecule has 4 rings (SSSR count). The molecule has 0 spiro atoms. The van der Waals surface area contributed by atoms with Crippen molar-refractivity contribution in [2.75, 3.05) is 0 Å². The number of carbonyl (C=O) groups excluding carboxylic acids is 1. The maximum absolute atomic E-state index is 13.3. The van der Waals surface area contributed by atoms with Gasteiger partial charge in [0.2, 0.25) is 0 Å². The van der Waals surface area contributed by atoms with E-state index in [4.69, 9.17) is 12.6 Å². The van der Waals surface area contributed by atoms with Crippen LogP contribution in [0.4, 0.5) is 0 Å². The molecule has 0 saturated heterocycles. The molecule has 2 N–H and O–H groups in total. The smallest absolute Gasteiger partial charge is 0.333 e. The summed E-state index contributed by atoms with van der Waals surface area (Å²) in [5, 5.41) is 12.6. The van der Waals surface area contributed by atoms with E-state index < -0.39 is 12.0 Å². The van der Waals surface area contributed by atoms with Crippen LogP contribution in [0.1, 0.15) is 24.0 Å². The van der Waals surface area contributed by atoms with Gasteiger partial charge in [-0.3, -0.25) is 4.79 Å². The zero-order valence-corrected chi connectivity index (χ0v) is 18.1. The number of carbonyl (C=O) groups is 2. The van der Waals surface area contributed by atoms with E-state index in [9.17, 15) is 14.7 Å². The number of carboxylic acids is 1. The number of ether oxygens (including phenoxy) is 1. The van der Waals surface area contributed by atoms with Crippen LogP contribution in [-0.2, 0) is 20.9 Å². The van der Waals surface area contributed by atoms with Gasteiger partial charge < -0.3 is 15.2 Å². The summed E-state index contributed by atoms with van der Waals surface area (Å²) < 4.78 is 5.94. The van der Waals surface area contributed by atoms with Crippen LogP contribution in [0.5, 0.6) is 0 Å². The van der Waals surface area contributed by atoms with Gasteiger partial charge in [0.15, 0.2) is 0 Å². The van der Waals surface area contributed by atoms with Gasteiger partial charge in [0, 0.05) is 0 Å². The average molecular weight is 437 g/mol. The zero-order chi connectivity index (χ0) is 23.2. The summed E-state index contributed by atoms with van der Waals surface area (Å²) in [5.74, 6) is -1.29. The molecule has 0 fully saturated rings. The molecule has 33 heavy (non-hydrogen) atoms. The molecule has 0 bridgehead atoms. The normalized spacial score (nSPS) is 20.0. The second-order valence-electron chi connectivity index (χ2n) is 8.06. The Morgan fingerprint density at radius 2 is 1.70 bits per heavy atom. The van der Waals surface area contributed by atoms with E-state index >= 15 is 0 Å². The van der Waals surface area contributed by atoms with E-state index in [2.05, 4.69) is 5.32 Å². The Bertz CT molecular complexity index is 1150. The number of hydrogen-bond donors (Lipinski definition) is 2. The summed E-state index contributed by atoms with van der Waals surface area (Å²) >= 11 is 0. The van der Waals surface area contributed by atoms with Crippen molar-refractivity contribution in [1.82, 2.24) is 5.32 Å². The molecule has 0 heterocycles. The molecule has 1 amide bonds. The van der Waals surface area contributed by atoms with E-state index in [1.807, 2.05) is 60.7 Å². The summed E-state index contributed by atoms with van der Waals surface area (Å²) in [5.41, 5.74) is 3.49. The Kier molecular flexibility index (Phi) is 6.93. The van der Waals surface area contributed by atoms with Crippen molar-refractivity contribution in [1.29, 1.82) is 0 Å². The number of hydrogen-bond acceptors (Lipinski definition) is 3. The second kappa shape index (κ2) is 10.2. The number of benzene rings is 2. The Morgan fingerprint density at radius 3 is 2.39 bits per heavy atom. The summed E-state index contributed by atoms with van der Waals surface area (Å²) in [6.45, 7) is 0.317. The highest BCUT2D eigenvalue weighted by molar-refractivity contribution is 6.14. The minimum Gasteiger partial charge on any atom is -0.488 e. The van der Waals surface area contributed by atoms with E-state index in [1.54, 1.807) is 24.3 Å². The number of amides is 1. The summed E-state index contributed by atoms with van der Waals surface area (Å²) in [6, 6.07) is 18.7. The van der Waals surface area contributed by atoms with Gasteiger partial charge in [-0.1, -0.05) is 78.6 Å². The van der Waals surface area contributed by atoms with Crippen molar-refractivity contribution in [2.24, 2.45) is 0 Å². The van der Waals surface area contributed by atoms with Crippen LogP contribution in [0, 0.1) is 0 Å². The molecule has 0 aromatic heterocycles. The molecule has 164 valence electrons. The molecule has 1 unspecified atom stereocenters. The van der Waals surface area contributed by atoms with Gasteiger partial charge in [0.1, 0.15) is 12.4 Å². The van der Waals surface area contributed by atoms with Crippen LogP contribution in [-0.4, -0.2) is 30.9 Å². The van der Waals surface area contributed by atoms with Gasteiger partial charge >= 0.3 is 5.97 Å². The molecule has 6 heteroatoms. The molecule has 5 nitrogen and oxygen atoms in total. The second-order valence-corrected chi connectivity index (χ2v) is 8.06. The maximum Gasteiger partial charge on any atom is 0.333 e. The fraction of sp³-hybridized carbons (Fsp3) is 0.185. The van der Waals surface area contributed by atoms with Crippen LogP contribution < -0.4 is 5.32 Å². The first-order valence-corrected chi connectivity index (χ1v) is 10.8. The third-order valence-electron chi connectivity index (χ3n) is 5.70. The maximum atomic E-state index is 13.3. The van der Waals surface area contributed by atoms with Crippen LogP contribution >= 0.6 is 0 Å². The van der Waals surface area contributed by atoms with Gasteiger partial charge in [0.05, 0.1) is 25.0 Å². The lowest BCUT2D eigenvalue weighted by Gasteiger charge is -2.26. The zero-order valence-electron chi connectivity index (χ0n) is 18.1. The standard InChI is InChI=1S/C27H24BNO4/c28-21-12-14-25(33-17-18-7-3-1-4-8-18)23(16-21)26(30)29-24-15-20(11-13-22(24)27(31)32)19-9-5-2-6-10-19/h1-14,21,24H,15-17H2,(H,29,30)(H,31,32)/t21-,24?/m0/s1. The molecule has 2 aliphatic rings. The van der Waals surface area contributed by atoms with Gasteiger partial charge in [-0.15, -0.1) is 0 Å². The van der Waals surface area contributed by atoms with E-state index in [0.717, 1.165) is 16.7 Å². The third-order valence-corrected chi connectivity index (χ3v) is 5.70. The van der Waals surface area contributed by atoms with Crippen LogP contribution in [0.15, 0.2) is 102 Å². The van der Waals surface area contributed by atoms with E-state index in [-0.39, 0.29) is 17.3 Å². The summed E-state index contributed by atoms with van der Waals surface area (Å²) in [6.07, 6.45) is 7.57. The highest BCUT2D eigenvalue weighted by atomic mass is 16.5. The van der Waals surface area contributed by atoms with Gasteiger partial charge in [-0.2, -0.15) is 0 Å². The lowest BCUT2D eigenvalue weighted by Crippen LogP contribution is -2.40.